The molecule has 0 spiro atoms. The van der Waals surface area contributed by atoms with Crippen LogP contribution in [0.4, 0.5) is 0 Å². The summed E-state index contributed by atoms with van der Waals surface area (Å²) in [5.74, 6) is -0.388. The van der Waals surface area contributed by atoms with E-state index in [-0.39, 0.29) is 11.3 Å². The first-order valence-corrected chi connectivity index (χ1v) is 6.67. The molecule has 5 nitrogen and oxygen atoms in total. The van der Waals surface area contributed by atoms with E-state index in [0.29, 0.717) is 10.6 Å². The Morgan fingerprint density at radius 1 is 1.27 bits per heavy atom. The molecule has 0 aliphatic carbocycles. The van der Waals surface area contributed by atoms with Gasteiger partial charge in [0.15, 0.2) is 0 Å². The maximum Gasteiger partial charge on any atom is 0.250 e. The molecular formula is C17H17N3O2. The van der Waals surface area contributed by atoms with Crippen molar-refractivity contribution in [1.82, 2.24) is 4.98 Å². The molecule has 5 heteroatoms. The number of amides is 1. The second-order valence-corrected chi connectivity index (χ2v) is 4.74. The second-order valence-electron chi connectivity index (χ2n) is 4.74. The number of carbonyl (C=O) groups excluding carboxylic acids is 1. The molecule has 0 aliphatic heterocycles. The number of pyridine rings is 1. The molecule has 2 aromatic rings. The quantitative estimate of drug-likeness (QED) is 0.695. The van der Waals surface area contributed by atoms with Crippen molar-refractivity contribution < 1.29 is 9.90 Å². The lowest BCUT2D eigenvalue weighted by molar-refractivity contribution is -0.114. The fourth-order valence-electron chi connectivity index (χ4n) is 1.99. The van der Waals surface area contributed by atoms with E-state index in [9.17, 15) is 9.90 Å². The van der Waals surface area contributed by atoms with E-state index < -0.39 is 5.91 Å². The molecule has 1 heterocycles. The topological polar surface area (TPSA) is 102 Å². The van der Waals surface area contributed by atoms with Gasteiger partial charge in [0.05, 0.1) is 10.9 Å². The summed E-state index contributed by atoms with van der Waals surface area (Å²) in [6.45, 7) is 1.82. The van der Waals surface area contributed by atoms with E-state index in [4.69, 9.17) is 11.5 Å². The number of nitrogens with two attached hydrogens (primary N) is 2. The molecule has 0 fully saturated rings. The van der Waals surface area contributed by atoms with E-state index in [1.807, 2.05) is 25.1 Å². The van der Waals surface area contributed by atoms with Gasteiger partial charge in [0.2, 0.25) is 5.91 Å². The van der Waals surface area contributed by atoms with Crippen LogP contribution in [0, 0.1) is 6.92 Å². The fraction of sp³-hybridized carbons (Fsp3) is 0.0588. The van der Waals surface area contributed by atoms with Gasteiger partial charge in [0.1, 0.15) is 5.75 Å². The van der Waals surface area contributed by atoms with E-state index in [0.717, 1.165) is 11.1 Å². The average Bonchev–Trinajstić information content (AvgIpc) is 2.50. The maximum atomic E-state index is 11.3. The largest absolute Gasteiger partial charge is 0.508 e. The zero-order valence-electron chi connectivity index (χ0n) is 12.2. The smallest absolute Gasteiger partial charge is 0.250 e. The number of phenolic OH excluding ortho intramolecular Hbond substituents is 1. The summed E-state index contributed by atoms with van der Waals surface area (Å²) in [6.07, 6.45) is 6.23. The van der Waals surface area contributed by atoms with E-state index >= 15 is 0 Å². The summed E-state index contributed by atoms with van der Waals surface area (Å²) in [7, 11) is 0. The number of aromatic hydroxyl groups is 1. The minimum atomic E-state index is -0.606. The minimum absolute atomic E-state index is 0.204. The Hall–Kier alpha value is -3.08. The van der Waals surface area contributed by atoms with Gasteiger partial charge in [0, 0.05) is 17.6 Å². The standard InChI is InChI=1S/C17H17N3O2/c1-11-12(4-2-6-16(11)21)9-15-13(5-3-7-20-15)8-14(10-18)17(19)22/h2-10,21H,18H2,1H3,(H2,19,22)/b13-8-,14-10-,15-9-. The molecule has 2 rings (SSSR count). The van der Waals surface area contributed by atoms with Gasteiger partial charge in [-0.05, 0) is 42.3 Å². The van der Waals surface area contributed by atoms with Gasteiger partial charge in [0.25, 0.3) is 0 Å². The molecule has 1 aromatic heterocycles. The summed E-state index contributed by atoms with van der Waals surface area (Å²) >= 11 is 0. The van der Waals surface area contributed by atoms with Crippen molar-refractivity contribution in [2.75, 3.05) is 0 Å². The van der Waals surface area contributed by atoms with Crippen molar-refractivity contribution >= 4 is 18.1 Å². The SMILES string of the molecule is Cc1c(O)cccc1\C=c1/nccc/c1=C/C(=C/N)C(N)=O. The zero-order chi connectivity index (χ0) is 16.1. The van der Waals surface area contributed by atoms with Gasteiger partial charge in [-0.1, -0.05) is 18.2 Å². The first-order valence-electron chi connectivity index (χ1n) is 6.67. The number of benzene rings is 1. The summed E-state index contributed by atoms with van der Waals surface area (Å²) in [4.78, 5) is 15.6. The molecule has 22 heavy (non-hydrogen) atoms. The van der Waals surface area contributed by atoms with E-state index in [1.165, 1.54) is 6.20 Å². The Labute approximate surface area is 127 Å². The van der Waals surface area contributed by atoms with Gasteiger partial charge < -0.3 is 16.6 Å². The number of nitrogens with zero attached hydrogens (tertiary/aromatic N) is 1. The van der Waals surface area contributed by atoms with Crippen LogP contribution in [0.25, 0.3) is 12.2 Å². The Morgan fingerprint density at radius 2 is 2.05 bits per heavy atom. The molecule has 5 N–H and O–H groups in total. The van der Waals surface area contributed by atoms with Crippen LogP contribution in [-0.2, 0) is 4.79 Å². The fourth-order valence-corrected chi connectivity index (χ4v) is 1.99. The lowest BCUT2D eigenvalue weighted by Gasteiger charge is -2.02. The van der Waals surface area contributed by atoms with E-state index in [1.54, 1.807) is 30.5 Å². The van der Waals surface area contributed by atoms with Crippen LogP contribution in [0.3, 0.4) is 0 Å². The highest BCUT2D eigenvalue weighted by molar-refractivity contribution is 6.00. The zero-order valence-corrected chi connectivity index (χ0v) is 12.2. The molecule has 0 atom stereocenters. The Kier molecular flexibility index (Phi) is 4.58. The number of rotatable bonds is 3. The number of phenols is 1. The Morgan fingerprint density at radius 3 is 2.73 bits per heavy atom. The minimum Gasteiger partial charge on any atom is -0.508 e. The van der Waals surface area contributed by atoms with Crippen molar-refractivity contribution in [3.8, 4) is 5.75 Å². The number of aromatic nitrogens is 1. The normalized spacial score (nSPS) is 13.4. The van der Waals surface area contributed by atoms with Crippen molar-refractivity contribution in [1.29, 1.82) is 0 Å². The lowest BCUT2D eigenvalue weighted by Crippen LogP contribution is -2.29. The molecule has 0 aliphatic rings. The predicted octanol–water partition coefficient (Wildman–Crippen LogP) is 0.0328. The third-order valence-corrected chi connectivity index (χ3v) is 3.29. The second kappa shape index (κ2) is 6.58. The third-order valence-electron chi connectivity index (χ3n) is 3.29. The van der Waals surface area contributed by atoms with Gasteiger partial charge >= 0.3 is 0 Å². The highest BCUT2D eigenvalue weighted by atomic mass is 16.3. The highest BCUT2D eigenvalue weighted by Crippen LogP contribution is 2.19. The van der Waals surface area contributed by atoms with Crippen LogP contribution in [0.2, 0.25) is 0 Å². The highest BCUT2D eigenvalue weighted by Gasteiger charge is 2.02. The summed E-state index contributed by atoms with van der Waals surface area (Å²) in [5.41, 5.74) is 12.5. The first-order chi connectivity index (χ1) is 10.5. The molecule has 1 aromatic carbocycles. The predicted molar refractivity (Wildman–Crippen MR) is 85.8 cm³/mol. The van der Waals surface area contributed by atoms with Gasteiger partial charge in [-0.15, -0.1) is 0 Å². The number of hydrogen-bond donors (Lipinski definition) is 3. The summed E-state index contributed by atoms with van der Waals surface area (Å²) < 4.78 is 0. The van der Waals surface area contributed by atoms with E-state index in [2.05, 4.69) is 4.98 Å². The molecule has 0 radical (unpaired) electrons. The first kappa shape index (κ1) is 15.3. The summed E-state index contributed by atoms with van der Waals surface area (Å²) in [5, 5.41) is 11.1. The molecule has 0 unspecified atom stereocenters. The Balaban J connectivity index is 2.68. The molecule has 1 amide bonds. The third kappa shape index (κ3) is 3.32. The van der Waals surface area contributed by atoms with Gasteiger partial charge in [-0.25, -0.2) is 0 Å². The number of hydrogen-bond acceptors (Lipinski definition) is 4. The summed E-state index contributed by atoms with van der Waals surface area (Å²) in [6, 6.07) is 8.83. The lowest BCUT2D eigenvalue weighted by atomic mass is 10.1. The number of primary amides is 1. The van der Waals surface area contributed by atoms with Crippen LogP contribution >= 0.6 is 0 Å². The van der Waals surface area contributed by atoms with Crippen molar-refractivity contribution in [3.05, 3.63) is 70.0 Å². The van der Waals surface area contributed by atoms with Gasteiger partial charge in [-0.2, -0.15) is 0 Å². The van der Waals surface area contributed by atoms with Crippen LogP contribution in [0.15, 0.2) is 48.3 Å². The van der Waals surface area contributed by atoms with Crippen molar-refractivity contribution in [2.24, 2.45) is 11.5 Å². The van der Waals surface area contributed by atoms with Crippen LogP contribution in [0.5, 0.6) is 5.75 Å². The van der Waals surface area contributed by atoms with Crippen LogP contribution in [0.1, 0.15) is 11.1 Å². The van der Waals surface area contributed by atoms with Gasteiger partial charge in [-0.3, -0.25) is 9.78 Å². The molecule has 0 bridgehead atoms. The average molecular weight is 295 g/mol. The maximum absolute atomic E-state index is 11.3. The van der Waals surface area contributed by atoms with Crippen molar-refractivity contribution in [3.63, 3.8) is 0 Å². The molecule has 0 saturated heterocycles. The molecular weight excluding hydrogens is 278 g/mol. The monoisotopic (exact) mass is 295 g/mol. The molecule has 0 saturated carbocycles. The van der Waals surface area contributed by atoms with Crippen LogP contribution in [-0.4, -0.2) is 16.0 Å². The Bertz CT molecular complexity index is 854. The van der Waals surface area contributed by atoms with Crippen LogP contribution < -0.4 is 22.0 Å². The molecule has 112 valence electrons. The van der Waals surface area contributed by atoms with Crippen molar-refractivity contribution in [2.45, 2.75) is 6.92 Å². The number of carbonyl (C=O) groups is 1.